The summed E-state index contributed by atoms with van der Waals surface area (Å²) in [6.45, 7) is 2.19. The first kappa shape index (κ1) is 9.84. The van der Waals surface area contributed by atoms with Gasteiger partial charge in [0.15, 0.2) is 0 Å². The Morgan fingerprint density at radius 1 is 1.64 bits per heavy atom. The third-order valence-electron chi connectivity index (χ3n) is 3.08. The molecule has 0 aromatic carbocycles. The van der Waals surface area contributed by atoms with E-state index >= 15 is 0 Å². The summed E-state index contributed by atoms with van der Waals surface area (Å²) in [5.74, 6) is 1.28. The molecule has 0 amide bonds. The first-order valence-corrected chi connectivity index (χ1v) is 6.06. The highest BCUT2D eigenvalue weighted by Gasteiger charge is 2.29. The van der Waals surface area contributed by atoms with Crippen molar-refractivity contribution in [3.63, 3.8) is 0 Å². The highest BCUT2D eigenvalue weighted by atomic mass is 32.1. The number of carbonyl (C=O) groups excluding carboxylic acids is 1. The molecule has 2 atom stereocenters. The van der Waals surface area contributed by atoms with E-state index in [9.17, 15) is 4.79 Å². The summed E-state index contributed by atoms with van der Waals surface area (Å²) in [4.78, 5) is 16.0. The van der Waals surface area contributed by atoms with Crippen LogP contribution in [-0.2, 0) is 11.2 Å². The molecule has 1 aliphatic rings. The fraction of sp³-hybridized carbons (Fsp3) is 0.636. The Hall–Kier alpha value is -0.700. The molecule has 0 N–H and O–H groups in total. The third-order valence-corrected chi connectivity index (χ3v) is 3.86. The normalized spacial score (nSPS) is 26.6. The van der Waals surface area contributed by atoms with Crippen molar-refractivity contribution in [3.8, 4) is 0 Å². The van der Waals surface area contributed by atoms with Crippen LogP contribution in [0.15, 0.2) is 11.6 Å². The van der Waals surface area contributed by atoms with Crippen LogP contribution in [0.4, 0.5) is 0 Å². The lowest BCUT2D eigenvalue weighted by molar-refractivity contribution is -0.123. The highest BCUT2D eigenvalue weighted by molar-refractivity contribution is 7.09. The topological polar surface area (TPSA) is 30.0 Å². The van der Waals surface area contributed by atoms with E-state index in [4.69, 9.17) is 0 Å². The second kappa shape index (κ2) is 4.22. The van der Waals surface area contributed by atoms with E-state index in [0.717, 1.165) is 11.4 Å². The monoisotopic (exact) mass is 209 g/mol. The Kier molecular flexibility index (Phi) is 2.96. The summed E-state index contributed by atoms with van der Waals surface area (Å²) in [5, 5.41) is 2.90. The van der Waals surface area contributed by atoms with Crippen molar-refractivity contribution in [2.24, 2.45) is 11.8 Å². The van der Waals surface area contributed by atoms with Crippen molar-refractivity contribution in [1.82, 2.24) is 4.98 Å². The quantitative estimate of drug-likeness (QED) is 0.766. The van der Waals surface area contributed by atoms with Crippen LogP contribution in [0.1, 0.15) is 31.2 Å². The van der Waals surface area contributed by atoms with Crippen molar-refractivity contribution in [1.29, 1.82) is 0 Å². The second-order valence-corrected chi connectivity index (χ2v) is 5.06. The summed E-state index contributed by atoms with van der Waals surface area (Å²) in [6, 6.07) is 0. The number of nitrogens with zero attached hydrogens (tertiary/aromatic N) is 1. The minimum absolute atomic E-state index is 0.305. The van der Waals surface area contributed by atoms with Gasteiger partial charge < -0.3 is 0 Å². The SMILES string of the molecule is CC1CCCC1C(=O)Cc1nccs1. The van der Waals surface area contributed by atoms with E-state index in [-0.39, 0.29) is 0 Å². The smallest absolute Gasteiger partial charge is 0.143 e. The summed E-state index contributed by atoms with van der Waals surface area (Å²) in [6.07, 6.45) is 5.84. The molecule has 0 aliphatic heterocycles. The number of thiazole rings is 1. The first-order valence-electron chi connectivity index (χ1n) is 5.18. The first-order chi connectivity index (χ1) is 6.77. The Labute approximate surface area is 88.4 Å². The van der Waals surface area contributed by atoms with Crippen LogP contribution < -0.4 is 0 Å². The molecule has 0 spiro atoms. The molecule has 76 valence electrons. The molecule has 3 heteroatoms. The molecule has 2 rings (SSSR count). The summed E-state index contributed by atoms with van der Waals surface area (Å²) in [5.41, 5.74) is 0. The number of aromatic nitrogens is 1. The Bertz CT molecular complexity index is 307. The van der Waals surface area contributed by atoms with Gasteiger partial charge in [0.1, 0.15) is 5.78 Å². The van der Waals surface area contributed by atoms with E-state index in [0.29, 0.717) is 24.0 Å². The van der Waals surface area contributed by atoms with Gasteiger partial charge in [0.2, 0.25) is 0 Å². The molecule has 1 heterocycles. The van der Waals surface area contributed by atoms with Crippen LogP contribution in [0.2, 0.25) is 0 Å². The predicted octanol–water partition coefficient (Wildman–Crippen LogP) is 2.69. The predicted molar refractivity (Wildman–Crippen MR) is 57.3 cm³/mol. The summed E-state index contributed by atoms with van der Waals surface area (Å²) < 4.78 is 0. The zero-order chi connectivity index (χ0) is 9.97. The largest absolute Gasteiger partial charge is 0.299 e. The van der Waals surface area contributed by atoms with Gasteiger partial charge >= 0.3 is 0 Å². The minimum atomic E-state index is 0.305. The number of ketones is 1. The number of Topliss-reactive ketones (excluding diaryl/α,β-unsaturated/α-hetero) is 1. The van der Waals surface area contributed by atoms with Crippen LogP contribution >= 0.6 is 11.3 Å². The summed E-state index contributed by atoms with van der Waals surface area (Å²) >= 11 is 1.58. The molecular weight excluding hydrogens is 194 g/mol. The molecule has 1 saturated carbocycles. The van der Waals surface area contributed by atoms with Crippen molar-refractivity contribution in [2.75, 3.05) is 0 Å². The van der Waals surface area contributed by atoms with Gasteiger partial charge in [-0.2, -0.15) is 0 Å². The van der Waals surface area contributed by atoms with Crippen LogP contribution in [0.25, 0.3) is 0 Å². The Morgan fingerprint density at radius 2 is 2.50 bits per heavy atom. The van der Waals surface area contributed by atoms with Gasteiger partial charge in [0.05, 0.1) is 11.4 Å². The van der Waals surface area contributed by atoms with Crippen LogP contribution in [0.5, 0.6) is 0 Å². The van der Waals surface area contributed by atoms with E-state index in [1.54, 1.807) is 17.5 Å². The lowest BCUT2D eigenvalue weighted by atomic mass is 9.92. The zero-order valence-electron chi connectivity index (χ0n) is 8.40. The molecular formula is C11H15NOS. The molecule has 1 aromatic rings. The highest BCUT2D eigenvalue weighted by Crippen LogP contribution is 2.32. The van der Waals surface area contributed by atoms with Gasteiger partial charge in [-0.05, 0) is 18.8 Å². The van der Waals surface area contributed by atoms with Gasteiger partial charge in [-0.15, -0.1) is 11.3 Å². The number of hydrogen-bond donors (Lipinski definition) is 0. The zero-order valence-corrected chi connectivity index (χ0v) is 9.22. The molecule has 1 aromatic heterocycles. The molecule has 0 saturated heterocycles. The van der Waals surface area contributed by atoms with E-state index < -0.39 is 0 Å². The van der Waals surface area contributed by atoms with Crippen molar-refractivity contribution in [3.05, 3.63) is 16.6 Å². The van der Waals surface area contributed by atoms with E-state index in [1.807, 2.05) is 5.38 Å². The van der Waals surface area contributed by atoms with Gasteiger partial charge in [-0.25, -0.2) is 4.98 Å². The van der Waals surface area contributed by atoms with Gasteiger partial charge in [0.25, 0.3) is 0 Å². The van der Waals surface area contributed by atoms with Crippen LogP contribution in [0, 0.1) is 11.8 Å². The molecule has 0 bridgehead atoms. The Morgan fingerprint density at radius 3 is 3.07 bits per heavy atom. The van der Waals surface area contributed by atoms with Crippen molar-refractivity contribution in [2.45, 2.75) is 32.6 Å². The molecule has 2 unspecified atom stereocenters. The maximum atomic E-state index is 11.9. The van der Waals surface area contributed by atoms with Gasteiger partial charge in [-0.3, -0.25) is 4.79 Å². The fourth-order valence-electron chi connectivity index (χ4n) is 2.24. The molecule has 14 heavy (non-hydrogen) atoms. The number of rotatable bonds is 3. The minimum Gasteiger partial charge on any atom is -0.299 e. The lowest BCUT2D eigenvalue weighted by Crippen LogP contribution is -2.18. The maximum Gasteiger partial charge on any atom is 0.143 e. The number of hydrogen-bond acceptors (Lipinski definition) is 3. The number of carbonyl (C=O) groups is 1. The summed E-state index contributed by atoms with van der Waals surface area (Å²) in [7, 11) is 0. The van der Waals surface area contributed by atoms with Crippen LogP contribution in [-0.4, -0.2) is 10.8 Å². The van der Waals surface area contributed by atoms with E-state index in [1.165, 1.54) is 12.8 Å². The van der Waals surface area contributed by atoms with Gasteiger partial charge in [-0.1, -0.05) is 13.3 Å². The third kappa shape index (κ3) is 2.03. The second-order valence-electron chi connectivity index (χ2n) is 4.08. The van der Waals surface area contributed by atoms with Crippen LogP contribution in [0.3, 0.4) is 0 Å². The Balaban J connectivity index is 1.95. The standard InChI is InChI=1S/C11H15NOS/c1-8-3-2-4-9(8)10(13)7-11-12-5-6-14-11/h5-6,8-9H,2-4,7H2,1H3. The maximum absolute atomic E-state index is 11.9. The van der Waals surface area contributed by atoms with Crippen molar-refractivity contribution >= 4 is 17.1 Å². The van der Waals surface area contributed by atoms with Crippen molar-refractivity contribution < 1.29 is 4.79 Å². The fourth-order valence-corrected chi connectivity index (χ4v) is 2.87. The molecule has 0 radical (unpaired) electrons. The molecule has 1 aliphatic carbocycles. The van der Waals surface area contributed by atoms with E-state index in [2.05, 4.69) is 11.9 Å². The molecule has 1 fully saturated rings. The average Bonchev–Trinajstić information content (AvgIpc) is 2.75. The van der Waals surface area contributed by atoms with Gasteiger partial charge in [0, 0.05) is 17.5 Å². The average molecular weight is 209 g/mol. The lowest BCUT2D eigenvalue weighted by Gasteiger charge is -2.12. The molecule has 2 nitrogen and oxygen atoms in total.